The van der Waals surface area contributed by atoms with Crippen LogP contribution < -0.4 is 16.0 Å². The van der Waals surface area contributed by atoms with Crippen molar-refractivity contribution in [3.8, 4) is 11.1 Å². The van der Waals surface area contributed by atoms with E-state index in [2.05, 4.69) is 20.9 Å². The van der Waals surface area contributed by atoms with Gasteiger partial charge in [0.25, 0.3) is 0 Å². The van der Waals surface area contributed by atoms with E-state index in [1.54, 1.807) is 12.1 Å². The molecule has 1 aromatic heterocycles. The lowest BCUT2D eigenvalue weighted by Crippen LogP contribution is -2.38. The van der Waals surface area contributed by atoms with E-state index in [9.17, 15) is 9.18 Å². The number of nitrogens with one attached hydrogen (secondary N) is 4. The molecule has 2 amide bonds. The molecule has 3 aromatic carbocycles. The number of hydrogen-bond donors (Lipinski definition) is 4. The molecule has 186 valence electrons. The molecular formula is C28H30FN5OS. The second-order valence-electron chi connectivity index (χ2n) is 8.70. The number of nitrogens with zero attached hydrogens (tertiary/aromatic N) is 1. The summed E-state index contributed by atoms with van der Waals surface area (Å²) < 4.78 is 13.3. The summed E-state index contributed by atoms with van der Waals surface area (Å²) in [5.41, 5.74) is 4.59. The van der Waals surface area contributed by atoms with E-state index in [0.29, 0.717) is 12.4 Å². The standard InChI is InChI=1S/C28H30FN5OS/c1-19(36)30-16-6-5-9-25(34-28(35)31-18-20-7-3-2-4-8-20)27-32-24-15-12-22(17-26(24)33-27)21-10-13-23(29)14-11-21/h2-4,7-8,10-15,17,25H,5-6,9,16,18H2,1H3,(H,30,36)(H,32,33)(H2,31,34,35). The highest BCUT2D eigenvalue weighted by molar-refractivity contribution is 7.80. The number of benzene rings is 3. The SMILES string of the molecule is CC(=S)NCCCCC(NC(=O)NCc1ccccc1)c1nc2ccc(-c3ccc(F)cc3)cc2[nH]1. The molecule has 0 aliphatic carbocycles. The number of urea groups is 1. The van der Waals surface area contributed by atoms with E-state index in [1.807, 2.05) is 55.5 Å². The lowest BCUT2D eigenvalue weighted by atomic mass is 10.1. The predicted molar refractivity (Wildman–Crippen MR) is 146 cm³/mol. The van der Waals surface area contributed by atoms with Gasteiger partial charge in [-0.15, -0.1) is 0 Å². The molecule has 1 atom stereocenters. The maximum Gasteiger partial charge on any atom is 0.315 e. The number of aromatic nitrogens is 2. The van der Waals surface area contributed by atoms with Crippen LogP contribution in [0.25, 0.3) is 22.2 Å². The van der Waals surface area contributed by atoms with Crippen molar-refractivity contribution in [2.45, 2.75) is 38.8 Å². The maximum atomic E-state index is 13.3. The topological polar surface area (TPSA) is 81.8 Å². The summed E-state index contributed by atoms with van der Waals surface area (Å²) in [6.07, 6.45) is 2.53. The van der Waals surface area contributed by atoms with Gasteiger partial charge in [0.2, 0.25) is 0 Å². The van der Waals surface area contributed by atoms with Gasteiger partial charge in [0.05, 0.1) is 22.1 Å². The minimum Gasteiger partial charge on any atom is -0.380 e. The van der Waals surface area contributed by atoms with Gasteiger partial charge in [-0.3, -0.25) is 0 Å². The molecule has 36 heavy (non-hydrogen) atoms. The minimum atomic E-state index is -0.281. The van der Waals surface area contributed by atoms with Gasteiger partial charge >= 0.3 is 6.03 Å². The molecule has 0 aliphatic heterocycles. The average molecular weight is 504 g/mol. The quantitative estimate of drug-likeness (QED) is 0.158. The number of imidazole rings is 1. The van der Waals surface area contributed by atoms with Gasteiger partial charge in [-0.2, -0.15) is 0 Å². The van der Waals surface area contributed by atoms with E-state index in [4.69, 9.17) is 17.2 Å². The van der Waals surface area contributed by atoms with E-state index >= 15 is 0 Å². The number of hydrogen-bond acceptors (Lipinski definition) is 3. The molecular weight excluding hydrogens is 473 g/mol. The Balaban J connectivity index is 1.48. The van der Waals surface area contributed by atoms with Gasteiger partial charge in [0.1, 0.15) is 11.6 Å². The third-order valence-electron chi connectivity index (χ3n) is 5.90. The Bertz CT molecular complexity index is 1310. The van der Waals surface area contributed by atoms with Crippen molar-refractivity contribution in [1.82, 2.24) is 25.9 Å². The monoisotopic (exact) mass is 503 g/mol. The van der Waals surface area contributed by atoms with Crippen molar-refractivity contribution in [2.24, 2.45) is 0 Å². The molecule has 1 heterocycles. The van der Waals surface area contributed by atoms with Crippen LogP contribution in [0.15, 0.2) is 72.8 Å². The number of H-pyrrole nitrogens is 1. The summed E-state index contributed by atoms with van der Waals surface area (Å²) in [4.78, 5) is 21.7. The number of amides is 2. The number of aromatic amines is 1. The van der Waals surface area contributed by atoms with Gasteiger partial charge < -0.3 is 20.9 Å². The summed E-state index contributed by atoms with van der Waals surface area (Å²) in [6.45, 7) is 3.10. The molecule has 8 heteroatoms. The predicted octanol–water partition coefficient (Wildman–Crippen LogP) is 6.02. The molecule has 0 spiro atoms. The third kappa shape index (κ3) is 7.11. The zero-order valence-corrected chi connectivity index (χ0v) is 21.0. The fourth-order valence-corrected chi connectivity index (χ4v) is 4.12. The van der Waals surface area contributed by atoms with E-state index in [1.165, 1.54) is 12.1 Å². The summed E-state index contributed by atoms with van der Waals surface area (Å²) in [5, 5.41) is 9.19. The summed E-state index contributed by atoms with van der Waals surface area (Å²) >= 11 is 5.08. The van der Waals surface area contributed by atoms with Crippen LogP contribution >= 0.6 is 12.2 Å². The maximum absolute atomic E-state index is 13.3. The van der Waals surface area contributed by atoms with E-state index in [-0.39, 0.29) is 17.9 Å². The zero-order valence-electron chi connectivity index (χ0n) is 20.2. The molecule has 0 fully saturated rings. The minimum absolute atomic E-state index is 0.246. The highest BCUT2D eigenvalue weighted by atomic mass is 32.1. The highest BCUT2D eigenvalue weighted by Crippen LogP contribution is 2.26. The number of carbonyl (C=O) groups is 1. The number of fused-ring (bicyclic) bond motifs is 1. The van der Waals surface area contributed by atoms with Crippen molar-refractivity contribution in [3.63, 3.8) is 0 Å². The second-order valence-corrected chi connectivity index (χ2v) is 9.32. The zero-order chi connectivity index (χ0) is 25.3. The highest BCUT2D eigenvalue weighted by Gasteiger charge is 2.18. The van der Waals surface area contributed by atoms with Gasteiger partial charge in [0.15, 0.2) is 0 Å². The van der Waals surface area contributed by atoms with Gasteiger partial charge in [-0.25, -0.2) is 14.2 Å². The van der Waals surface area contributed by atoms with Crippen molar-refractivity contribution in [1.29, 1.82) is 0 Å². The second kappa shape index (κ2) is 12.3. The number of halogens is 1. The first-order valence-electron chi connectivity index (χ1n) is 12.1. The van der Waals surface area contributed by atoms with Gasteiger partial charge in [-0.1, -0.05) is 60.7 Å². The molecule has 0 saturated carbocycles. The lowest BCUT2D eigenvalue weighted by Gasteiger charge is -2.17. The van der Waals surface area contributed by atoms with Gasteiger partial charge in [0, 0.05) is 13.1 Å². The number of unbranched alkanes of at least 4 members (excludes halogenated alkanes) is 1. The van der Waals surface area contributed by atoms with Crippen LogP contribution in [0.1, 0.15) is 43.6 Å². The van der Waals surface area contributed by atoms with Crippen LogP contribution in [-0.2, 0) is 6.54 Å². The Hall–Kier alpha value is -3.78. The average Bonchev–Trinajstić information content (AvgIpc) is 3.31. The Morgan fingerprint density at radius 2 is 1.75 bits per heavy atom. The van der Waals surface area contributed by atoms with Crippen molar-refractivity contribution >= 4 is 34.3 Å². The van der Waals surface area contributed by atoms with Crippen LogP contribution in [0.3, 0.4) is 0 Å². The Kier molecular flexibility index (Phi) is 8.62. The molecule has 4 rings (SSSR count). The van der Waals surface area contributed by atoms with Crippen molar-refractivity contribution < 1.29 is 9.18 Å². The molecule has 0 saturated heterocycles. The Morgan fingerprint density at radius 3 is 2.50 bits per heavy atom. The van der Waals surface area contributed by atoms with Crippen molar-refractivity contribution in [3.05, 3.63) is 90.0 Å². The first kappa shape index (κ1) is 25.3. The molecule has 4 aromatic rings. The number of thiocarbonyl (C=S) groups is 1. The van der Waals surface area contributed by atoms with Crippen LogP contribution in [0.4, 0.5) is 9.18 Å². The van der Waals surface area contributed by atoms with Gasteiger partial charge in [-0.05, 0) is 67.1 Å². The summed E-state index contributed by atoms with van der Waals surface area (Å²) in [6, 6.07) is 21.6. The molecule has 0 radical (unpaired) electrons. The Morgan fingerprint density at radius 1 is 1.00 bits per heavy atom. The number of rotatable bonds is 10. The van der Waals surface area contributed by atoms with Crippen LogP contribution in [0, 0.1) is 5.82 Å². The third-order valence-corrected chi connectivity index (χ3v) is 6.05. The summed E-state index contributed by atoms with van der Waals surface area (Å²) in [5.74, 6) is 0.439. The fourth-order valence-electron chi connectivity index (χ4n) is 4.02. The van der Waals surface area contributed by atoms with Crippen LogP contribution in [-0.4, -0.2) is 27.5 Å². The van der Waals surface area contributed by atoms with E-state index < -0.39 is 0 Å². The first-order valence-corrected chi connectivity index (χ1v) is 12.5. The molecule has 0 bridgehead atoms. The Labute approximate surface area is 215 Å². The normalized spacial score (nSPS) is 11.7. The first-order chi connectivity index (χ1) is 17.5. The molecule has 6 nitrogen and oxygen atoms in total. The largest absolute Gasteiger partial charge is 0.380 e. The number of carbonyl (C=O) groups excluding carboxylic acids is 1. The van der Waals surface area contributed by atoms with Crippen LogP contribution in [0.5, 0.6) is 0 Å². The van der Waals surface area contributed by atoms with Crippen LogP contribution in [0.2, 0.25) is 0 Å². The molecule has 4 N–H and O–H groups in total. The van der Waals surface area contributed by atoms with E-state index in [0.717, 1.165) is 58.5 Å². The fraction of sp³-hybridized carbons (Fsp3) is 0.250. The molecule has 0 aliphatic rings. The molecule has 1 unspecified atom stereocenters. The summed E-state index contributed by atoms with van der Waals surface area (Å²) in [7, 11) is 0. The smallest absolute Gasteiger partial charge is 0.315 e. The van der Waals surface area contributed by atoms with Crippen molar-refractivity contribution in [2.75, 3.05) is 6.54 Å². The lowest BCUT2D eigenvalue weighted by molar-refractivity contribution is 0.235.